The van der Waals surface area contributed by atoms with Crippen LogP contribution in [0.4, 0.5) is 0 Å². The topological polar surface area (TPSA) is 37.4 Å². The normalized spacial score (nSPS) is 21.6. The van der Waals surface area contributed by atoms with E-state index in [1.54, 1.807) is 0 Å². The Hall–Kier alpha value is -2.16. The van der Waals surface area contributed by atoms with Crippen LogP contribution in [0.1, 0.15) is 62.5 Å². The molecule has 25 heavy (non-hydrogen) atoms. The van der Waals surface area contributed by atoms with E-state index in [-0.39, 0.29) is 17.5 Å². The van der Waals surface area contributed by atoms with Crippen molar-refractivity contribution in [3.63, 3.8) is 0 Å². The molecular weight excluding hydrogens is 310 g/mol. The van der Waals surface area contributed by atoms with Gasteiger partial charge in [-0.2, -0.15) is 0 Å². The van der Waals surface area contributed by atoms with Crippen LogP contribution in [0.5, 0.6) is 0 Å². The summed E-state index contributed by atoms with van der Waals surface area (Å²) in [6.45, 7) is 5.04. The van der Waals surface area contributed by atoms with Gasteiger partial charge in [0.25, 0.3) is 0 Å². The molecule has 0 amide bonds. The zero-order valence-electron chi connectivity index (χ0n) is 15.1. The van der Waals surface area contributed by atoms with Crippen molar-refractivity contribution in [3.8, 4) is 0 Å². The van der Waals surface area contributed by atoms with E-state index in [4.69, 9.17) is 0 Å². The van der Waals surface area contributed by atoms with Crippen LogP contribution in [-0.2, 0) is 9.59 Å². The molecule has 0 saturated carbocycles. The number of nitrogens with zero attached hydrogens (tertiary/aromatic N) is 1. The average Bonchev–Trinajstić information content (AvgIpc) is 2.61. The Balaban J connectivity index is 1.99. The van der Waals surface area contributed by atoms with Crippen molar-refractivity contribution in [3.05, 3.63) is 57.9 Å². The number of hydrogen-bond donors (Lipinski definition) is 0. The summed E-state index contributed by atoms with van der Waals surface area (Å²) in [6.07, 6.45) is 4.95. The number of ketones is 2. The van der Waals surface area contributed by atoms with Crippen molar-refractivity contribution in [2.45, 2.75) is 58.3 Å². The first-order chi connectivity index (χ1) is 12.1. The summed E-state index contributed by atoms with van der Waals surface area (Å²) >= 11 is 0. The van der Waals surface area contributed by atoms with Crippen LogP contribution >= 0.6 is 0 Å². The fraction of sp³-hybridized carbons (Fsp3) is 0.455. The van der Waals surface area contributed by atoms with Crippen LogP contribution in [0.15, 0.2) is 46.8 Å². The maximum atomic E-state index is 12.9. The summed E-state index contributed by atoms with van der Waals surface area (Å²) < 4.78 is 0. The van der Waals surface area contributed by atoms with Crippen molar-refractivity contribution < 1.29 is 9.59 Å². The minimum absolute atomic E-state index is 0.158. The predicted octanol–water partition coefficient (Wildman–Crippen LogP) is 4.43. The van der Waals surface area contributed by atoms with E-state index in [0.717, 1.165) is 54.5 Å². The highest BCUT2D eigenvalue weighted by Gasteiger charge is 2.43. The molecule has 0 atom stereocenters. The summed E-state index contributed by atoms with van der Waals surface area (Å²) in [4.78, 5) is 28.2. The zero-order valence-corrected chi connectivity index (χ0v) is 15.1. The van der Waals surface area contributed by atoms with Gasteiger partial charge in [0.1, 0.15) is 0 Å². The van der Waals surface area contributed by atoms with Gasteiger partial charge in [-0.05, 0) is 50.7 Å². The van der Waals surface area contributed by atoms with Gasteiger partial charge in [0.15, 0.2) is 11.6 Å². The molecule has 3 aliphatic rings. The Kier molecular flexibility index (Phi) is 4.10. The smallest absolute Gasteiger partial charge is 0.161 e. The van der Waals surface area contributed by atoms with E-state index in [2.05, 4.69) is 30.9 Å². The van der Waals surface area contributed by atoms with E-state index in [9.17, 15) is 9.59 Å². The Morgan fingerprint density at radius 3 is 2.00 bits per heavy atom. The second-order valence-electron chi connectivity index (χ2n) is 7.31. The summed E-state index contributed by atoms with van der Waals surface area (Å²) in [6, 6.07) is 8.23. The third-order valence-corrected chi connectivity index (χ3v) is 5.90. The van der Waals surface area contributed by atoms with Gasteiger partial charge in [-0.3, -0.25) is 9.59 Å². The van der Waals surface area contributed by atoms with Crippen LogP contribution in [0.2, 0.25) is 0 Å². The molecule has 0 N–H and O–H groups in total. The lowest BCUT2D eigenvalue weighted by molar-refractivity contribution is -0.117. The van der Waals surface area contributed by atoms with Gasteiger partial charge in [0.2, 0.25) is 0 Å². The van der Waals surface area contributed by atoms with E-state index < -0.39 is 0 Å². The summed E-state index contributed by atoms with van der Waals surface area (Å²) in [7, 11) is 0. The fourth-order valence-corrected chi connectivity index (χ4v) is 4.82. The van der Waals surface area contributed by atoms with Crippen LogP contribution in [0, 0.1) is 6.92 Å². The highest BCUT2D eigenvalue weighted by atomic mass is 16.1. The minimum atomic E-state index is -0.158. The standard InChI is InChI=1S/C22H25NO2/c1-3-23-16-10-6-12-18(24)21(16)20(15-9-5-4-8-14(15)2)22-17(23)11-7-13-19(22)25/h4-5,8-9,20H,3,6-7,10-13H2,1-2H3. The van der Waals surface area contributed by atoms with E-state index >= 15 is 0 Å². The van der Waals surface area contributed by atoms with Crippen LogP contribution in [0.25, 0.3) is 0 Å². The van der Waals surface area contributed by atoms with Crippen molar-refractivity contribution in [2.75, 3.05) is 6.54 Å². The van der Waals surface area contributed by atoms with Crippen molar-refractivity contribution >= 4 is 11.6 Å². The lowest BCUT2D eigenvalue weighted by atomic mass is 9.70. The number of carbonyl (C=O) groups excluding carboxylic acids is 2. The summed E-state index contributed by atoms with van der Waals surface area (Å²) in [5, 5.41) is 0. The molecule has 0 radical (unpaired) electrons. The highest BCUT2D eigenvalue weighted by Crippen LogP contribution is 2.49. The van der Waals surface area contributed by atoms with Gasteiger partial charge in [0, 0.05) is 47.8 Å². The fourth-order valence-electron chi connectivity index (χ4n) is 4.82. The van der Waals surface area contributed by atoms with Gasteiger partial charge in [-0.25, -0.2) is 0 Å². The number of hydrogen-bond acceptors (Lipinski definition) is 3. The molecule has 1 aromatic rings. The Labute approximate surface area is 149 Å². The number of allylic oxidation sites excluding steroid dienone is 4. The molecule has 0 unspecified atom stereocenters. The Bertz CT molecular complexity index is 771. The zero-order chi connectivity index (χ0) is 17.6. The molecule has 1 heterocycles. The van der Waals surface area contributed by atoms with Crippen molar-refractivity contribution in [1.29, 1.82) is 0 Å². The number of aryl methyl sites for hydroxylation is 1. The van der Waals surface area contributed by atoms with E-state index in [0.29, 0.717) is 12.8 Å². The maximum absolute atomic E-state index is 12.9. The van der Waals surface area contributed by atoms with Gasteiger partial charge in [0.05, 0.1) is 0 Å². The first-order valence-electron chi connectivity index (χ1n) is 9.49. The quantitative estimate of drug-likeness (QED) is 0.802. The molecule has 0 spiro atoms. The molecule has 0 fully saturated rings. The molecule has 1 aliphatic heterocycles. The lowest BCUT2D eigenvalue weighted by Gasteiger charge is -2.43. The van der Waals surface area contributed by atoms with Gasteiger partial charge in [-0.15, -0.1) is 0 Å². The number of carbonyl (C=O) groups is 2. The second kappa shape index (κ2) is 6.29. The highest BCUT2D eigenvalue weighted by molar-refractivity contribution is 6.06. The molecule has 1 aromatic carbocycles. The summed E-state index contributed by atoms with van der Waals surface area (Å²) in [5.74, 6) is 0.311. The predicted molar refractivity (Wildman–Crippen MR) is 98.1 cm³/mol. The Morgan fingerprint density at radius 2 is 1.48 bits per heavy atom. The molecule has 4 rings (SSSR count). The average molecular weight is 335 g/mol. The lowest BCUT2D eigenvalue weighted by Crippen LogP contribution is -2.39. The summed E-state index contributed by atoms with van der Waals surface area (Å²) in [5.41, 5.74) is 6.45. The Morgan fingerprint density at radius 1 is 0.920 bits per heavy atom. The molecule has 3 heteroatoms. The van der Waals surface area contributed by atoms with Crippen LogP contribution in [-0.4, -0.2) is 23.0 Å². The van der Waals surface area contributed by atoms with Crippen molar-refractivity contribution in [2.24, 2.45) is 0 Å². The second-order valence-corrected chi connectivity index (χ2v) is 7.31. The number of benzene rings is 1. The first-order valence-corrected chi connectivity index (χ1v) is 9.49. The van der Waals surface area contributed by atoms with Crippen molar-refractivity contribution in [1.82, 2.24) is 4.90 Å². The number of Topliss-reactive ketones (excluding diaryl/α,β-unsaturated/α-hetero) is 2. The molecule has 3 nitrogen and oxygen atoms in total. The molecule has 2 aliphatic carbocycles. The van der Waals surface area contributed by atoms with E-state index in [1.165, 1.54) is 11.4 Å². The van der Waals surface area contributed by atoms with E-state index in [1.807, 2.05) is 12.1 Å². The molecular formula is C22H25NO2. The van der Waals surface area contributed by atoms with Gasteiger partial charge in [-0.1, -0.05) is 24.3 Å². The molecule has 0 bridgehead atoms. The van der Waals surface area contributed by atoms with Crippen LogP contribution in [0.3, 0.4) is 0 Å². The SMILES string of the molecule is CCN1C2=C(C(=O)CCC2)C(c2ccccc2C)C2=C1CCCC2=O. The molecule has 130 valence electrons. The maximum Gasteiger partial charge on any atom is 0.161 e. The molecule has 0 saturated heterocycles. The monoisotopic (exact) mass is 335 g/mol. The number of rotatable bonds is 2. The third kappa shape index (κ3) is 2.48. The third-order valence-electron chi connectivity index (χ3n) is 5.90. The van der Waals surface area contributed by atoms with Gasteiger partial charge < -0.3 is 4.90 Å². The van der Waals surface area contributed by atoms with Crippen LogP contribution < -0.4 is 0 Å². The van der Waals surface area contributed by atoms with Gasteiger partial charge >= 0.3 is 0 Å². The molecule has 0 aromatic heterocycles. The minimum Gasteiger partial charge on any atom is -0.348 e. The first kappa shape index (κ1) is 16.3. The largest absolute Gasteiger partial charge is 0.348 e.